The lowest BCUT2D eigenvalue weighted by molar-refractivity contribution is -0.384. The Balaban J connectivity index is 1.46. The molecule has 9 heteroatoms. The van der Waals surface area contributed by atoms with Crippen LogP contribution in [0, 0.1) is 10.1 Å². The molecule has 3 aromatic rings. The summed E-state index contributed by atoms with van der Waals surface area (Å²) in [6.45, 7) is 0.943. The molecule has 1 fully saturated rings. The van der Waals surface area contributed by atoms with Crippen LogP contribution in [-0.4, -0.2) is 38.9 Å². The van der Waals surface area contributed by atoms with Crippen molar-refractivity contribution in [2.45, 2.75) is 18.8 Å². The predicted octanol–water partition coefficient (Wildman–Crippen LogP) is 4.11. The largest absolute Gasteiger partial charge is 0.507 e. The van der Waals surface area contributed by atoms with Gasteiger partial charge in [0, 0.05) is 30.1 Å². The monoisotopic (exact) mass is 401 g/mol. The van der Waals surface area contributed by atoms with Gasteiger partial charge in [-0.1, -0.05) is 11.6 Å². The molecule has 28 heavy (non-hydrogen) atoms. The topological polar surface area (TPSA) is 110 Å². The van der Waals surface area contributed by atoms with Crippen LogP contribution in [0.5, 0.6) is 5.75 Å². The van der Waals surface area contributed by atoms with Gasteiger partial charge < -0.3 is 14.4 Å². The van der Waals surface area contributed by atoms with Gasteiger partial charge in [-0.2, -0.15) is 0 Å². The quantitative estimate of drug-likeness (QED) is 0.522. The molecule has 2 aromatic carbocycles. The molecule has 4 rings (SSSR count). The van der Waals surface area contributed by atoms with Crippen molar-refractivity contribution in [2.75, 3.05) is 13.1 Å². The van der Waals surface area contributed by atoms with Crippen LogP contribution in [0.4, 0.5) is 5.69 Å². The molecule has 0 saturated carbocycles. The first-order chi connectivity index (χ1) is 13.4. The number of carbonyl (C=O) groups excluding carboxylic acids is 1. The Kier molecular flexibility index (Phi) is 4.64. The lowest BCUT2D eigenvalue weighted by atomic mass is 9.96. The Morgan fingerprint density at radius 1 is 1.25 bits per heavy atom. The number of phenols is 1. The molecule has 8 nitrogen and oxygen atoms in total. The van der Waals surface area contributed by atoms with Gasteiger partial charge in [0.1, 0.15) is 11.3 Å². The molecule has 2 heterocycles. The standard InChI is InChI=1S/C19H16ClN3O5/c20-12-1-4-17-15(9-12)21-18(28-17)11-5-7-22(8-6-11)19(25)14-3-2-13(23(26)27)10-16(14)24/h1-4,9-11,24H,5-8H2. The first kappa shape index (κ1) is 18.2. The molecular formula is C19H16ClN3O5. The van der Waals surface area contributed by atoms with Gasteiger partial charge in [0.15, 0.2) is 11.5 Å². The summed E-state index contributed by atoms with van der Waals surface area (Å²) in [4.78, 5) is 28.9. The number of likely N-dealkylation sites (tertiary alicyclic amines) is 1. The number of aromatic hydroxyl groups is 1. The molecule has 1 amide bonds. The highest BCUT2D eigenvalue weighted by atomic mass is 35.5. The van der Waals surface area contributed by atoms with Crippen molar-refractivity contribution in [1.29, 1.82) is 0 Å². The van der Waals surface area contributed by atoms with Crippen LogP contribution < -0.4 is 0 Å². The van der Waals surface area contributed by atoms with E-state index in [9.17, 15) is 20.0 Å². The minimum Gasteiger partial charge on any atom is -0.507 e. The third-order valence-electron chi connectivity index (χ3n) is 4.92. The van der Waals surface area contributed by atoms with Crippen LogP contribution in [0.15, 0.2) is 40.8 Å². The summed E-state index contributed by atoms with van der Waals surface area (Å²) >= 11 is 5.98. The fraction of sp³-hybridized carbons (Fsp3) is 0.263. The molecule has 1 N–H and O–H groups in total. The Labute approximate surface area is 164 Å². The number of piperidine rings is 1. The molecule has 1 aliphatic rings. The summed E-state index contributed by atoms with van der Waals surface area (Å²) in [7, 11) is 0. The van der Waals surface area contributed by atoms with Crippen molar-refractivity contribution in [3.05, 3.63) is 63.0 Å². The number of halogens is 1. The number of rotatable bonds is 3. The SMILES string of the molecule is O=C(c1ccc([N+](=O)[O-])cc1O)N1CCC(c2nc3cc(Cl)ccc3o2)CC1. The number of aromatic nitrogens is 1. The second-order valence-corrected chi connectivity index (χ2v) is 7.13. The summed E-state index contributed by atoms with van der Waals surface area (Å²) < 4.78 is 5.82. The second-order valence-electron chi connectivity index (χ2n) is 6.69. The van der Waals surface area contributed by atoms with Crippen molar-refractivity contribution in [2.24, 2.45) is 0 Å². The number of carbonyl (C=O) groups is 1. The molecule has 1 aromatic heterocycles. The number of hydrogen-bond acceptors (Lipinski definition) is 6. The Bertz CT molecular complexity index is 1070. The van der Waals surface area contributed by atoms with Crippen molar-refractivity contribution in [3.63, 3.8) is 0 Å². The fourth-order valence-corrected chi connectivity index (χ4v) is 3.57. The van der Waals surface area contributed by atoms with Crippen LogP contribution in [0.3, 0.4) is 0 Å². The second kappa shape index (κ2) is 7.12. The average Bonchev–Trinajstić information content (AvgIpc) is 3.10. The van der Waals surface area contributed by atoms with Gasteiger partial charge in [-0.3, -0.25) is 14.9 Å². The molecule has 0 spiro atoms. The Morgan fingerprint density at radius 3 is 2.68 bits per heavy atom. The van der Waals surface area contributed by atoms with Gasteiger partial charge in [0.2, 0.25) is 0 Å². The molecule has 1 aliphatic heterocycles. The summed E-state index contributed by atoms with van der Waals surface area (Å²) in [6.07, 6.45) is 1.33. The molecule has 0 radical (unpaired) electrons. The first-order valence-electron chi connectivity index (χ1n) is 8.75. The normalized spacial score (nSPS) is 15.1. The molecule has 0 bridgehead atoms. The highest BCUT2D eigenvalue weighted by molar-refractivity contribution is 6.31. The van der Waals surface area contributed by atoms with E-state index in [-0.39, 0.29) is 23.1 Å². The smallest absolute Gasteiger partial charge is 0.273 e. The summed E-state index contributed by atoms with van der Waals surface area (Å²) in [5.74, 6) is -0.0319. The van der Waals surface area contributed by atoms with Crippen molar-refractivity contribution >= 4 is 34.3 Å². The number of hydrogen-bond donors (Lipinski definition) is 1. The number of oxazole rings is 1. The van der Waals surface area contributed by atoms with E-state index in [1.54, 1.807) is 23.1 Å². The Hall–Kier alpha value is -3.13. The minimum absolute atomic E-state index is 0.0561. The van der Waals surface area contributed by atoms with Crippen LogP contribution in [0.25, 0.3) is 11.1 Å². The van der Waals surface area contributed by atoms with E-state index < -0.39 is 10.7 Å². The molecule has 0 unspecified atom stereocenters. The highest BCUT2D eigenvalue weighted by Crippen LogP contribution is 2.32. The number of benzene rings is 2. The van der Waals surface area contributed by atoms with E-state index in [0.717, 1.165) is 6.07 Å². The zero-order chi connectivity index (χ0) is 19.8. The van der Waals surface area contributed by atoms with Gasteiger partial charge in [0.25, 0.3) is 11.6 Å². The maximum atomic E-state index is 12.7. The molecular weight excluding hydrogens is 386 g/mol. The fourth-order valence-electron chi connectivity index (χ4n) is 3.41. The van der Waals surface area contributed by atoms with E-state index in [4.69, 9.17) is 16.0 Å². The van der Waals surface area contributed by atoms with Crippen molar-refractivity contribution in [3.8, 4) is 5.75 Å². The number of nitro groups is 1. The zero-order valence-electron chi connectivity index (χ0n) is 14.7. The van der Waals surface area contributed by atoms with Crippen molar-refractivity contribution in [1.82, 2.24) is 9.88 Å². The van der Waals surface area contributed by atoms with E-state index in [0.29, 0.717) is 47.9 Å². The van der Waals surface area contributed by atoms with Crippen LogP contribution in [-0.2, 0) is 0 Å². The number of nitrogens with zero attached hydrogens (tertiary/aromatic N) is 3. The van der Waals surface area contributed by atoms with E-state index in [1.165, 1.54) is 12.1 Å². The van der Waals surface area contributed by atoms with Gasteiger partial charge in [-0.25, -0.2) is 4.98 Å². The maximum Gasteiger partial charge on any atom is 0.273 e. The minimum atomic E-state index is -0.618. The van der Waals surface area contributed by atoms with Crippen molar-refractivity contribution < 1.29 is 19.2 Å². The van der Waals surface area contributed by atoms with Gasteiger partial charge in [0.05, 0.1) is 16.6 Å². The van der Waals surface area contributed by atoms with Crippen LogP contribution in [0.1, 0.15) is 35.0 Å². The third-order valence-corrected chi connectivity index (χ3v) is 5.16. The maximum absolute atomic E-state index is 12.7. The van der Waals surface area contributed by atoms with Crippen LogP contribution >= 0.6 is 11.6 Å². The molecule has 0 aliphatic carbocycles. The molecule has 1 saturated heterocycles. The number of amides is 1. The number of nitro benzene ring substituents is 1. The average molecular weight is 402 g/mol. The summed E-state index contributed by atoms with van der Waals surface area (Å²) in [5.41, 5.74) is 1.18. The number of phenolic OH excluding ortho intramolecular Hbond substituents is 1. The number of non-ortho nitro benzene ring substituents is 1. The molecule has 144 valence electrons. The summed E-state index contributed by atoms with van der Waals surface area (Å²) in [5, 5.41) is 21.3. The van der Waals surface area contributed by atoms with E-state index >= 15 is 0 Å². The highest BCUT2D eigenvalue weighted by Gasteiger charge is 2.29. The van der Waals surface area contributed by atoms with Crippen LogP contribution in [0.2, 0.25) is 5.02 Å². The van der Waals surface area contributed by atoms with E-state index in [2.05, 4.69) is 4.98 Å². The van der Waals surface area contributed by atoms with Gasteiger partial charge in [-0.05, 0) is 37.1 Å². The molecule has 0 atom stereocenters. The lowest BCUT2D eigenvalue weighted by Gasteiger charge is -2.30. The number of fused-ring (bicyclic) bond motifs is 1. The van der Waals surface area contributed by atoms with E-state index in [1.807, 2.05) is 0 Å². The third kappa shape index (κ3) is 3.38. The van der Waals surface area contributed by atoms with Gasteiger partial charge in [-0.15, -0.1) is 0 Å². The first-order valence-corrected chi connectivity index (χ1v) is 9.13. The van der Waals surface area contributed by atoms with Gasteiger partial charge >= 0.3 is 0 Å². The predicted molar refractivity (Wildman–Crippen MR) is 102 cm³/mol. The zero-order valence-corrected chi connectivity index (χ0v) is 15.4. The summed E-state index contributed by atoms with van der Waals surface area (Å²) in [6, 6.07) is 8.76. The Morgan fingerprint density at radius 2 is 2.00 bits per heavy atom. The lowest BCUT2D eigenvalue weighted by Crippen LogP contribution is -2.38.